The number of aromatic nitrogens is 2. The summed E-state index contributed by atoms with van der Waals surface area (Å²) in [5.41, 5.74) is 8.32. The molecule has 3 heteroatoms. The maximum atomic E-state index is 5.12. The van der Waals surface area contributed by atoms with Crippen molar-refractivity contribution in [1.82, 2.24) is 4.98 Å². The fraction of sp³-hybridized carbons (Fsp3) is 0.0370. The first-order valence-corrected chi connectivity index (χ1v) is 9.95. The van der Waals surface area contributed by atoms with E-state index in [2.05, 4.69) is 102 Å². The van der Waals surface area contributed by atoms with E-state index < -0.39 is 0 Å². The zero-order valence-electron chi connectivity index (χ0n) is 16.3. The van der Waals surface area contributed by atoms with Crippen molar-refractivity contribution in [2.75, 3.05) is 0 Å². The molecule has 6 rings (SSSR count). The second-order valence-electron chi connectivity index (χ2n) is 7.51. The fourth-order valence-corrected chi connectivity index (χ4v) is 4.38. The van der Waals surface area contributed by atoms with E-state index in [0.717, 1.165) is 23.5 Å². The third kappa shape index (κ3) is 2.94. The van der Waals surface area contributed by atoms with Gasteiger partial charge in [0.25, 0.3) is 0 Å². The van der Waals surface area contributed by atoms with E-state index in [1.54, 1.807) is 0 Å². The average Bonchev–Trinajstić information content (AvgIpc) is 3.13. The molecule has 2 nitrogen and oxygen atoms in total. The van der Waals surface area contributed by atoms with Crippen LogP contribution in [-0.2, 0) is 6.54 Å². The quantitative estimate of drug-likeness (QED) is 0.378. The monoisotopic (exact) mass is 450 g/mol. The van der Waals surface area contributed by atoms with Gasteiger partial charge in [-0.1, -0.05) is 78.9 Å². The van der Waals surface area contributed by atoms with Crippen LogP contribution >= 0.6 is 0 Å². The van der Waals surface area contributed by atoms with Gasteiger partial charge < -0.3 is 17.0 Å². The van der Waals surface area contributed by atoms with Crippen LogP contribution in [0.25, 0.3) is 44.5 Å². The summed E-state index contributed by atoms with van der Waals surface area (Å²) in [6.07, 6.45) is 2.21. The number of halogens is 1. The maximum Gasteiger partial charge on any atom is 0.223 e. The van der Waals surface area contributed by atoms with Crippen LogP contribution in [-0.4, -0.2) is 4.98 Å². The number of nitrogens with zero attached hydrogens (tertiary/aromatic N) is 2. The highest BCUT2D eigenvalue weighted by Crippen LogP contribution is 2.45. The lowest BCUT2D eigenvalue weighted by Crippen LogP contribution is -3.00. The smallest absolute Gasteiger partial charge is 0.223 e. The molecule has 30 heavy (non-hydrogen) atoms. The van der Waals surface area contributed by atoms with E-state index in [0.29, 0.717) is 0 Å². The minimum Gasteiger partial charge on any atom is -1.00 e. The number of rotatable bonds is 3. The molecular weight excluding hydrogens is 432 g/mol. The van der Waals surface area contributed by atoms with Gasteiger partial charge in [0.05, 0.1) is 22.3 Å². The van der Waals surface area contributed by atoms with Crippen molar-refractivity contribution < 1.29 is 21.5 Å². The molecule has 0 unspecified atom stereocenters. The van der Waals surface area contributed by atoms with E-state index in [9.17, 15) is 0 Å². The molecule has 5 aromatic rings. The Labute approximate surface area is 186 Å². The highest BCUT2D eigenvalue weighted by molar-refractivity contribution is 6.12. The fourth-order valence-electron chi connectivity index (χ4n) is 4.38. The van der Waals surface area contributed by atoms with E-state index in [1.165, 1.54) is 33.2 Å². The summed E-state index contributed by atoms with van der Waals surface area (Å²) in [7, 11) is 0. The van der Waals surface area contributed by atoms with E-state index >= 15 is 0 Å². The van der Waals surface area contributed by atoms with Gasteiger partial charge in [-0.3, -0.25) is 0 Å². The van der Waals surface area contributed by atoms with Crippen molar-refractivity contribution in [2.24, 2.45) is 0 Å². The Balaban J connectivity index is 0.00000193. The van der Waals surface area contributed by atoms with Gasteiger partial charge >= 0.3 is 0 Å². The lowest BCUT2D eigenvalue weighted by molar-refractivity contribution is -0.676. The summed E-state index contributed by atoms with van der Waals surface area (Å²) >= 11 is 0. The molecule has 0 saturated carbocycles. The first-order valence-electron chi connectivity index (χ1n) is 9.95. The minimum atomic E-state index is 0. The van der Waals surface area contributed by atoms with Gasteiger partial charge in [0.1, 0.15) is 0 Å². The highest BCUT2D eigenvalue weighted by atomic mass is 79.9. The number of benzene rings is 3. The second-order valence-corrected chi connectivity index (χ2v) is 7.51. The van der Waals surface area contributed by atoms with Crippen molar-refractivity contribution in [2.45, 2.75) is 6.54 Å². The summed E-state index contributed by atoms with van der Waals surface area (Å²) in [6.45, 7) is 0.848. The largest absolute Gasteiger partial charge is 1.00 e. The molecule has 3 aromatic carbocycles. The molecule has 0 fully saturated rings. The summed E-state index contributed by atoms with van der Waals surface area (Å²) < 4.78 is 2.36. The Bertz CT molecular complexity index is 1360. The molecule has 0 spiro atoms. The molecular formula is C27H19BrN2. The lowest BCUT2D eigenvalue weighted by atomic mass is 10.1. The predicted octanol–water partition coefficient (Wildman–Crippen LogP) is 2.89. The molecule has 0 bridgehead atoms. The van der Waals surface area contributed by atoms with E-state index in [-0.39, 0.29) is 17.0 Å². The molecule has 144 valence electrons. The van der Waals surface area contributed by atoms with Crippen LogP contribution in [0.3, 0.4) is 0 Å². The Morgan fingerprint density at radius 3 is 2.13 bits per heavy atom. The number of fused-ring (bicyclic) bond motifs is 3. The molecule has 2 aromatic heterocycles. The summed E-state index contributed by atoms with van der Waals surface area (Å²) in [5.74, 6) is 0. The van der Waals surface area contributed by atoms with Crippen molar-refractivity contribution in [1.29, 1.82) is 0 Å². The summed E-state index contributed by atoms with van der Waals surface area (Å²) in [6, 6.07) is 34.1. The van der Waals surface area contributed by atoms with Crippen molar-refractivity contribution in [3.05, 3.63) is 109 Å². The number of pyridine rings is 2. The van der Waals surface area contributed by atoms with E-state index in [1.807, 2.05) is 6.07 Å². The first-order chi connectivity index (χ1) is 14.4. The topological polar surface area (TPSA) is 16.8 Å². The van der Waals surface area contributed by atoms with Crippen LogP contribution < -0.4 is 21.5 Å². The molecule has 0 amide bonds. The van der Waals surface area contributed by atoms with Crippen molar-refractivity contribution in [3.8, 4) is 33.8 Å². The molecule has 2 heterocycles. The molecule has 1 aliphatic rings. The molecule has 0 atom stereocenters. The zero-order valence-corrected chi connectivity index (χ0v) is 17.9. The molecule has 0 saturated heterocycles. The Morgan fingerprint density at radius 2 is 1.37 bits per heavy atom. The van der Waals surface area contributed by atoms with Crippen molar-refractivity contribution in [3.63, 3.8) is 0 Å². The van der Waals surface area contributed by atoms with Crippen molar-refractivity contribution >= 4 is 10.8 Å². The summed E-state index contributed by atoms with van der Waals surface area (Å²) in [5, 5.41) is 2.49. The Kier molecular flexibility index (Phi) is 4.68. The Morgan fingerprint density at radius 1 is 0.700 bits per heavy atom. The van der Waals surface area contributed by atoms with Crippen LogP contribution in [0.2, 0.25) is 0 Å². The predicted molar refractivity (Wildman–Crippen MR) is 117 cm³/mol. The molecule has 0 N–H and O–H groups in total. The SMILES string of the molecule is [Br-].c1ccc(C[n+]2ccc3cc(-c4ccccc4)nc4c3c2-c2ccccc2-4)cc1. The Hall–Kier alpha value is -3.30. The maximum absolute atomic E-state index is 5.12. The van der Waals surface area contributed by atoms with Gasteiger partial charge in [0.2, 0.25) is 5.69 Å². The second kappa shape index (κ2) is 7.51. The highest BCUT2D eigenvalue weighted by Gasteiger charge is 2.31. The standard InChI is InChI=1S/C27H19N2.BrH/c1-3-9-19(10-4-1)18-29-16-15-21-17-24(20-11-5-2-6-12-20)28-26-22-13-7-8-14-23(22)27(29)25(21)26;/h1-17H,18H2;1H/q+1;/p-1. The van der Waals surface area contributed by atoms with Gasteiger partial charge in [-0.2, -0.15) is 4.57 Å². The van der Waals surface area contributed by atoms with Gasteiger partial charge in [-0.15, -0.1) is 0 Å². The number of hydrogen-bond acceptors (Lipinski definition) is 1. The van der Waals surface area contributed by atoms with Gasteiger partial charge in [-0.05, 0) is 17.5 Å². The van der Waals surface area contributed by atoms with Crippen LogP contribution in [0.5, 0.6) is 0 Å². The van der Waals surface area contributed by atoms with Crippen LogP contribution in [0.15, 0.2) is 103 Å². The minimum absolute atomic E-state index is 0. The average molecular weight is 451 g/mol. The van der Waals surface area contributed by atoms with E-state index in [4.69, 9.17) is 4.98 Å². The summed E-state index contributed by atoms with van der Waals surface area (Å²) in [4.78, 5) is 5.12. The number of hydrogen-bond donors (Lipinski definition) is 0. The third-order valence-electron chi connectivity index (χ3n) is 5.71. The van der Waals surface area contributed by atoms with Gasteiger partial charge in [0.15, 0.2) is 12.7 Å². The van der Waals surface area contributed by atoms with Gasteiger partial charge in [-0.25, -0.2) is 4.98 Å². The van der Waals surface area contributed by atoms with Crippen LogP contribution in [0.4, 0.5) is 0 Å². The van der Waals surface area contributed by atoms with Crippen LogP contribution in [0.1, 0.15) is 5.56 Å². The van der Waals surface area contributed by atoms with Gasteiger partial charge in [0, 0.05) is 22.8 Å². The lowest BCUT2D eigenvalue weighted by Gasteiger charge is -2.07. The molecule has 1 aliphatic carbocycles. The zero-order chi connectivity index (χ0) is 19.2. The third-order valence-corrected chi connectivity index (χ3v) is 5.71. The normalized spacial score (nSPS) is 11.2. The van der Waals surface area contributed by atoms with Crippen LogP contribution in [0, 0.1) is 0 Å². The first kappa shape index (κ1) is 18.7. The molecule has 0 radical (unpaired) electrons. The molecule has 0 aliphatic heterocycles.